The van der Waals surface area contributed by atoms with Gasteiger partial charge in [0.1, 0.15) is 23.9 Å². The second-order valence-electron chi connectivity index (χ2n) is 6.53. The lowest BCUT2D eigenvalue weighted by Gasteiger charge is -2.14. The average Bonchev–Trinajstić information content (AvgIpc) is 2.78. The molecule has 0 bridgehead atoms. The molecule has 0 saturated carbocycles. The third-order valence-electron chi connectivity index (χ3n) is 4.44. The first-order chi connectivity index (χ1) is 14.6. The van der Waals surface area contributed by atoms with Crippen molar-refractivity contribution in [2.45, 2.75) is 20.1 Å². The largest absolute Gasteiger partial charge is 0.497 e. The zero-order chi connectivity index (χ0) is 21.3. The molecule has 0 heterocycles. The van der Waals surface area contributed by atoms with Gasteiger partial charge < -0.3 is 19.5 Å². The van der Waals surface area contributed by atoms with Crippen LogP contribution in [-0.4, -0.2) is 19.6 Å². The van der Waals surface area contributed by atoms with Crippen LogP contribution in [0.3, 0.4) is 0 Å². The predicted molar refractivity (Wildman–Crippen MR) is 118 cm³/mol. The van der Waals surface area contributed by atoms with Gasteiger partial charge in [-0.05, 0) is 67.1 Å². The van der Waals surface area contributed by atoms with Crippen molar-refractivity contribution in [3.63, 3.8) is 0 Å². The van der Waals surface area contributed by atoms with E-state index in [4.69, 9.17) is 25.8 Å². The van der Waals surface area contributed by atoms with Crippen LogP contribution in [0, 0.1) is 0 Å². The van der Waals surface area contributed by atoms with Crippen molar-refractivity contribution >= 4 is 17.5 Å². The van der Waals surface area contributed by atoms with Gasteiger partial charge in [0, 0.05) is 22.7 Å². The van der Waals surface area contributed by atoms with Gasteiger partial charge in [-0.1, -0.05) is 23.7 Å². The lowest BCUT2D eigenvalue weighted by Crippen LogP contribution is -2.23. The summed E-state index contributed by atoms with van der Waals surface area (Å²) in [6.07, 6.45) is 0. The first-order valence-electron chi connectivity index (χ1n) is 9.64. The Labute approximate surface area is 181 Å². The monoisotopic (exact) mass is 425 g/mol. The molecule has 0 aliphatic carbocycles. The van der Waals surface area contributed by atoms with Crippen molar-refractivity contribution in [3.8, 4) is 17.2 Å². The van der Waals surface area contributed by atoms with E-state index in [1.807, 2.05) is 43.3 Å². The fraction of sp³-hybridized carbons (Fsp3) is 0.208. The minimum absolute atomic E-state index is 0.168. The second kappa shape index (κ2) is 10.6. The topological polar surface area (TPSA) is 56.8 Å². The SMILES string of the molecule is CCOc1ccc(C(=O)NCc2ccc(Cl)cc2)cc1COc1ccc(OC)cc1. The summed E-state index contributed by atoms with van der Waals surface area (Å²) in [5.41, 5.74) is 2.31. The van der Waals surface area contributed by atoms with E-state index in [1.165, 1.54) is 0 Å². The second-order valence-corrected chi connectivity index (χ2v) is 6.97. The molecule has 1 amide bonds. The minimum Gasteiger partial charge on any atom is -0.497 e. The number of amides is 1. The summed E-state index contributed by atoms with van der Waals surface area (Å²) in [7, 11) is 1.62. The van der Waals surface area contributed by atoms with E-state index in [2.05, 4.69) is 5.32 Å². The standard InChI is InChI=1S/C24H24ClNO4/c1-3-29-23-13-6-18(24(27)26-15-17-4-7-20(25)8-5-17)14-19(23)16-30-22-11-9-21(28-2)10-12-22/h4-14H,3,15-16H2,1-2H3,(H,26,27). The fourth-order valence-electron chi connectivity index (χ4n) is 2.85. The molecule has 0 radical (unpaired) electrons. The summed E-state index contributed by atoms with van der Waals surface area (Å²) in [6, 6.07) is 20.0. The lowest BCUT2D eigenvalue weighted by atomic mass is 10.1. The number of nitrogens with one attached hydrogen (secondary N) is 1. The van der Waals surface area contributed by atoms with E-state index < -0.39 is 0 Å². The van der Waals surface area contributed by atoms with Gasteiger partial charge in [-0.3, -0.25) is 4.79 Å². The van der Waals surface area contributed by atoms with E-state index in [1.54, 1.807) is 37.4 Å². The molecule has 3 aromatic carbocycles. The quantitative estimate of drug-likeness (QED) is 0.508. The highest BCUT2D eigenvalue weighted by Crippen LogP contribution is 2.24. The van der Waals surface area contributed by atoms with E-state index in [-0.39, 0.29) is 12.5 Å². The maximum absolute atomic E-state index is 12.6. The number of hydrogen-bond donors (Lipinski definition) is 1. The molecule has 0 fully saturated rings. The normalized spacial score (nSPS) is 10.4. The van der Waals surface area contributed by atoms with Crippen LogP contribution < -0.4 is 19.5 Å². The molecule has 30 heavy (non-hydrogen) atoms. The molecule has 156 valence electrons. The van der Waals surface area contributed by atoms with Crippen molar-refractivity contribution in [1.82, 2.24) is 5.32 Å². The Hall–Kier alpha value is -3.18. The summed E-state index contributed by atoms with van der Waals surface area (Å²) in [5, 5.41) is 3.59. The van der Waals surface area contributed by atoms with Gasteiger partial charge in [-0.25, -0.2) is 0 Å². The van der Waals surface area contributed by atoms with Gasteiger partial charge in [-0.15, -0.1) is 0 Å². The van der Waals surface area contributed by atoms with Gasteiger partial charge in [0.15, 0.2) is 0 Å². The van der Waals surface area contributed by atoms with Crippen LogP contribution >= 0.6 is 11.6 Å². The van der Waals surface area contributed by atoms with E-state index in [9.17, 15) is 4.79 Å². The molecule has 0 aliphatic heterocycles. The first kappa shape index (κ1) is 21.5. The molecule has 0 aliphatic rings. The Bertz CT molecular complexity index is 972. The molecule has 0 spiro atoms. The number of halogens is 1. The first-order valence-corrected chi connectivity index (χ1v) is 10.0. The Morgan fingerprint density at radius 1 is 0.933 bits per heavy atom. The maximum atomic E-state index is 12.6. The summed E-state index contributed by atoms with van der Waals surface area (Å²) < 4.78 is 16.7. The average molecular weight is 426 g/mol. The van der Waals surface area contributed by atoms with Crippen molar-refractivity contribution in [2.75, 3.05) is 13.7 Å². The van der Waals surface area contributed by atoms with Crippen molar-refractivity contribution in [2.24, 2.45) is 0 Å². The van der Waals surface area contributed by atoms with Crippen LogP contribution in [0.25, 0.3) is 0 Å². The highest BCUT2D eigenvalue weighted by Gasteiger charge is 2.12. The Morgan fingerprint density at radius 3 is 2.30 bits per heavy atom. The highest BCUT2D eigenvalue weighted by atomic mass is 35.5. The minimum atomic E-state index is -0.168. The van der Waals surface area contributed by atoms with E-state index >= 15 is 0 Å². The van der Waals surface area contributed by atoms with E-state index in [0.717, 1.165) is 16.9 Å². The van der Waals surface area contributed by atoms with Crippen LogP contribution in [0.15, 0.2) is 66.7 Å². The molecule has 0 aromatic heterocycles. The maximum Gasteiger partial charge on any atom is 0.251 e. The highest BCUT2D eigenvalue weighted by molar-refractivity contribution is 6.30. The molecule has 3 aromatic rings. The number of carbonyl (C=O) groups is 1. The van der Waals surface area contributed by atoms with Crippen LogP contribution in [0.1, 0.15) is 28.4 Å². The smallest absolute Gasteiger partial charge is 0.251 e. The number of methoxy groups -OCH3 is 1. The molecular formula is C24H24ClNO4. The number of ether oxygens (including phenoxy) is 3. The third-order valence-corrected chi connectivity index (χ3v) is 4.69. The number of hydrogen-bond acceptors (Lipinski definition) is 4. The van der Waals surface area contributed by atoms with Gasteiger partial charge in [0.05, 0.1) is 13.7 Å². The Kier molecular flexibility index (Phi) is 7.57. The van der Waals surface area contributed by atoms with Crippen molar-refractivity contribution in [3.05, 3.63) is 88.4 Å². The zero-order valence-electron chi connectivity index (χ0n) is 17.0. The number of carbonyl (C=O) groups excluding carboxylic acids is 1. The Morgan fingerprint density at radius 2 is 1.63 bits per heavy atom. The molecular weight excluding hydrogens is 402 g/mol. The van der Waals surface area contributed by atoms with Crippen LogP contribution in [-0.2, 0) is 13.2 Å². The van der Waals surface area contributed by atoms with Crippen LogP contribution in [0.4, 0.5) is 0 Å². The molecule has 6 heteroatoms. The molecule has 0 atom stereocenters. The summed E-state index contributed by atoms with van der Waals surface area (Å²) in [5.74, 6) is 1.99. The number of rotatable bonds is 9. The lowest BCUT2D eigenvalue weighted by molar-refractivity contribution is 0.0950. The van der Waals surface area contributed by atoms with E-state index in [0.29, 0.717) is 35.2 Å². The zero-order valence-corrected chi connectivity index (χ0v) is 17.7. The van der Waals surface area contributed by atoms with Crippen molar-refractivity contribution < 1.29 is 19.0 Å². The summed E-state index contributed by atoms with van der Waals surface area (Å²) in [6.45, 7) is 3.14. The summed E-state index contributed by atoms with van der Waals surface area (Å²) in [4.78, 5) is 12.6. The predicted octanol–water partition coefficient (Wildman–Crippen LogP) is 5.26. The molecule has 0 saturated heterocycles. The summed E-state index contributed by atoms with van der Waals surface area (Å²) >= 11 is 5.90. The van der Waals surface area contributed by atoms with Gasteiger partial charge in [-0.2, -0.15) is 0 Å². The van der Waals surface area contributed by atoms with Gasteiger partial charge >= 0.3 is 0 Å². The Balaban J connectivity index is 1.68. The van der Waals surface area contributed by atoms with Crippen molar-refractivity contribution in [1.29, 1.82) is 0 Å². The molecule has 5 nitrogen and oxygen atoms in total. The van der Waals surface area contributed by atoms with Gasteiger partial charge in [0.25, 0.3) is 5.91 Å². The third kappa shape index (κ3) is 5.91. The van der Waals surface area contributed by atoms with Crippen LogP contribution in [0.5, 0.6) is 17.2 Å². The molecule has 3 rings (SSSR count). The van der Waals surface area contributed by atoms with Gasteiger partial charge in [0.2, 0.25) is 0 Å². The van der Waals surface area contributed by atoms with Crippen LogP contribution in [0.2, 0.25) is 5.02 Å². The molecule has 0 unspecified atom stereocenters. The number of benzene rings is 3. The fourth-order valence-corrected chi connectivity index (χ4v) is 2.98. The molecule has 1 N–H and O–H groups in total.